The lowest BCUT2D eigenvalue weighted by Gasteiger charge is -2.29. The van der Waals surface area contributed by atoms with Gasteiger partial charge >= 0.3 is 0 Å². The van der Waals surface area contributed by atoms with Crippen LogP contribution >= 0.6 is 0 Å². The molecule has 2 aromatic heterocycles. The zero-order valence-electron chi connectivity index (χ0n) is 19.0. The maximum atomic E-state index is 14.6. The van der Waals surface area contributed by atoms with Crippen LogP contribution in [0, 0.1) is 11.6 Å². The van der Waals surface area contributed by atoms with Crippen molar-refractivity contribution in [3.63, 3.8) is 0 Å². The van der Waals surface area contributed by atoms with E-state index in [4.69, 9.17) is 14.0 Å². The number of aromatic nitrogens is 3. The lowest BCUT2D eigenvalue weighted by Crippen LogP contribution is -2.31. The van der Waals surface area contributed by atoms with Gasteiger partial charge < -0.3 is 19.3 Å². The van der Waals surface area contributed by atoms with Gasteiger partial charge in [-0.1, -0.05) is 5.16 Å². The molecule has 2 aliphatic heterocycles. The van der Waals surface area contributed by atoms with Crippen LogP contribution in [0.25, 0.3) is 11.3 Å². The molecule has 0 radical (unpaired) electrons. The Bertz CT molecular complexity index is 1250. The molecule has 36 heavy (non-hydrogen) atoms. The number of benzene rings is 1. The Hall–Kier alpha value is -3.38. The number of carbonyl (C=O) groups is 1. The van der Waals surface area contributed by atoms with Gasteiger partial charge in [0.15, 0.2) is 0 Å². The molecule has 1 amide bonds. The molecule has 2 unspecified atom stereocenters. The predicted molar refractivity (Wildman–Crippen MR) is 117 cm³/mol. The van der Waals surface area contributed by atoms with Crippen LogP contribution in [0.2, 0.25) is 0 Å². The van der Waals surface area contributed by atoms with Gasteiger partial charge in [0, 0.05) is 24.7 Å². The molecular formula is C24H22F4N4O4. The molecule has 1 N–H and O–H groups in total. The minimum Gasteiger partial charge on any atom is -0.378 e. The molecule has 1 aromatic carbocycles. The smallest absolute Gasteiger partial charge is 0.294 e. The topological polar surface area (TPSA) is 99.4 Å². The molecule has 2 aliphatic rings. The summed E-state index contributed by atoms with van der Waals surface area (Å²) in [5, 5.41) is 6.48. The van der Waals surface area contributed by atoms with E-state index in [-0.39, 0.29) is 40.9 Å². The molecule has 0 spiro atoms. The fourth-order valence-corrected chi connectivity index (χ4v) is 4.12. The molecule has 5 rings (SSSR count). The summed E-state index contributed by atoms with van der Waals surface area (Å²) < 4.78 is 71.8. The van der Waals surface area contributed by atoms with Gasteiger partial charge in [-0.25, -0.2) is 27.5 Å². The third kappa shape index (κ3) is 5.24. The normalized spacial score (nSPS) is 21.1. The van der Waals surface area contributed by atoms with E-state index >= 15 is 0 Å². The van der Waals surface area contributed by atoms with Crippen molar-refractivity contribution >= 4 is 11.6 Å². The summed E-state index contributed by atoms with van der Waals surface area (Å²) in [6.07, 6.45) is 2.00. The summed E-state index contributed by atoms with van der Waals surface area (Å²) in [4.78, 5) is 21.2. The fraction of sp³-hybridized carbons (Fsp3) is 0.417. The van der Waals surface area contributed by atoms with Gasteiger partial charge in [0.2, 0.25) is 5.76 Å². The highest BCUT2D eigenvalue weighted by Gasteiger charge is 2.38. The zero-order valence-corrected chi connectivity index (χ0v) is 19.0. The van der Waals surface area contributed by atoms with E-state index in [1.807, 2.05) is 0 Å². The van der Waals surface area contributed by atoms with Crippen LogP contribution < -0.4 is 5.32 Å². The van der Waals surface area contributed by atoms with Crippen LogP contribution in [0.15, 0.2) is 35.1 Å². The van der Waals surface area contributed by atoms with Crippen molar-refractivity contribution in [2.24, 2.45) is 0 Å². The van der Waals surface area contributed by atoms with Crippen molar-refractivity contribution in [1.82, 2.24) is 15.1 Å². The first-order chi connectivity index (χ1) is 17.3. The number of nitrogens with one attached hydrogen (secondary N) is 1. The van der Waals surface area contributed by atoms with E-state index in [0.29, 0.717) is 12.1 Å². The molecular weight excluding hydrogens is 484 g/mol. The van der Waals surface area contributed by atoms with Gasteiger partial charge in [0.05, 0.1) is 23.2 Å². The first kappa shape index (κ1) is 24.3. The third-order valence-corrected chi connectivity index (χ3v) is 6.17. The Kier molecular flexibility index (Phi) is 6.71. The Morgan fingerprint density at radius 2 is 1.97 bits per heavy atom. The SMILES string of the molecule is O=C(Nc1c(-c2cc(F)ccc2F)ncnc1C1CCC(F)(F)CO1)c1cc(CCC2CCO2)no1. The van der Waals surface area contributed by atoms with Gasteiger partial charge in [-0.15, -0.1) is 0 Å². The van der Waals surface area contributed by atoms with Crippen molar-refractivity contribution in [1.29, 1.82) is 0 Å². The summed E-state index contributed by atoms with van der Waals surface area (Å²) in [7, 11) is 0. The van der Waals surface area contributed by atoms with Gasteiger partial charge in [0.25, 0.3) is 11.8 Å². The average molecular weight is 506 g/mol. The van der Waals surface area contributed by atoms with Crippen molar-refractivity contribution in [3.05, 3.63) is 59.4 Å². The van der Waals surface area contributed by atoms with Gasteiger partial charge in [-0.3, -0.25) is 4.79 Å². The second-order valence-electron chi connectivity index (χ2n) is 8.76. The highest BCUT2D eigenvalue weighted by molar-refractivity contribution is 6.04. The monoisotopic (exact) mass is 506 g/mol. The fourth-order valence-electron chi connectivity index (χ4n) is 4.12. The number of amides is 1. The molecule has 0 bridgehead atoms. The number of anilines is 1. The molecule has 3 aromatic rings. The van der Waals surface area contributed by atoms with Gasteiger partial charge in [-0.05, 0) is 43.9 Å². The minimum atomic E-state index is -2.99. The Labute approximate surface area is 203 Å². The largest absolute Gasteiger partial charge is 0.378 e. The van der Waals surface area contributed by atoms with Gasteiger partial charge in [0.1, 0.15) is 36.4 Å². The first-order valence-electron chi connectivity index (χ1n) is 11.5. The molecule has 2 saturated heterocycles. The number of alkyl halides is 2. The van der Waals surface area contributed by atoms with E-state index in [9.17, 15) is 22.4 Å². The van der Waals surface area contributed by atoms with Crippen molar-refractivity contribution in [2.45, 2.75) is 50.2 Å². The molecule has 190 valence electrons. The standard InChI is InChI=1S/C24H22F4N4O4/c25-13-1-4-17(26)16(9-13)20-22(21(30-12-29-20)18-5-7-24(27,28)11-35-18)31-23(33)19-10-14(32-36-19)2-3-15-6-8-34-15/h1,4,9-10,12,15,18H,2-3,5-8,11H2,(H,31,33). The van der Waals surface area contributed by atoms with E-state index in [0.717, 1.165) is 44.0 Å². The number of carbonyl (C=O) groups excluding carboxylic acids is 1. The van der Waals surface area contributed by atoms with E-state index in [1.165, 1.54) is 6.07 Å². The van der Waals surface area contributed by atoms with Crippen molar-refractivity contribution in [2.75, 3.05) is 18.5 Å². The molecule has 2 atom stereocenters. The van der Waals surface area contributed by atoms with Crippen LogP contribution in [0.3, 0.4) is 0 Å². The second-order valence-corrected chi connectivity index (χ2v) is 8.76. The predicted octanol–water partition coefficient (Wildman–Crippen LogP) is 4.87. The number of halogens is 4. The molecule has 2 fully saturated rings. The lowest BCUT2D eigenvalue weighted by molar-refractivity contribution is -0.146. The molecule has 8 nitrogen and oxygen atoms in total. The maximum absolute atomic E-state index is 14.6. The van der Waals surface area contributed by atoms with Crippen LogP contribution in [0.5, 0.6) is 0 Å². The Morgan fingerprint density at radius 3 is 2.69 bits per heavy atom. The number of aryl methyl sites for hydroxylation is 1. The second kappa shape index (κ2) is 9.94. The summed E-state index contributed by atoms with van der Waals surface area (Å²) in [5.74, 6) is -5.40. The highest BCUT2D eigenvalue weighted by Crippen LogP contribution is 2.40. The molecule has 0 aliphatic carbocycles. The summed E-state index contributed by atoms with van der Waals surface area (Å²) in [6, 6.07) is 4.25. The lowest BCUT2D eigenvalue weighted by atomic mass is 10.00. The minimum absolute atomic E-state index is 0.0642. The number of nitrogens with zero attached hydrogens (tertiary/aromatic N) is 3. The molecule has 0 saturated carbocycles. The molecule has 12 heteroatoms. The first-order valence-corrected chi connectivity index (χ1v) is 11.5. The van der Waals surface area contributed by atoms with E-state index in [2.05, 4.69) is 20.4 Å². The summed E-state index contributed by atoms with van der Waals surface area (Å²) >= 11 is 0. The molecule has 4 heterocycles. The number of hydrogen-bond acceptors (Lipinski definition) is 7. The van der Waals surface area contributed by atoms with Crippen LogP contribution in [-0.2, 0) is 15.9 Å². The summed E-state index contributed by atoms with van der Waals surface area (Å²) in [6.45, 7) is -0.107. The average Bonchev–Trinajstić information content (AvgIpc) is 3.29. The maximum Gasteiger partial charge on any atom is 0.294 e. The number of rotatable bonds is 7. The quantitative estimate of drug-likeness (QED) is 0.457. The van der Waals surface area contributed by atoms with E-state index in [1.54, 1.807) is 0 Å². The number of ether oxygens (including phenoxy) is 2. The van der Waals surface area contributed by atoms with Crippen molar-refractivity contribution < 1.29 is 36.4 Å². The van der Waals surface area contributed by atoms with Crippen LogP contribution in [0.1, 0.15) is 53.7 Å². The van der Waals surface area contributed by atoms with E-state index < -0.39 is 42.6 Å². The zero-order chi connectivity index (χ0) is 25.3. The number of hydrogen-bond donors (Lipinski definition) is 1. The Balaban J connectivity index is 1.45. The third-order valence-electron chi connectivity index (χ3n) is 6.17. The van der Waals surface area contributed by atoms with Crippen molar-refractivity contribution in [3.8, 4) is 11.3 Å². The van der Waals surface area contributed by atoms with Crippen LogP contribution in [0.4, 0.5) is 23.2 Å². The summed E-state index contributed by atoms with van der Waals surface area (Å²) in [5.41, 5.74) is 0.147. The Morgan fingerprint density at radius 1 is 1.14 bits per heavy atom. The van der Waals surface area contributed by atoms with Crippen LogP contribution in [-0.4, -0.2) is 46.3 Å². The highest BCUT2D eigenvalue weighted by atomic mass is 19.3. The van der Waals surface area contributed by atoms with Gasteiger partial charge in [-0.2, -0.15) is 0 Å².